The van der Waals surface area contributed by atoms with Crippen LogP contribution in [0.15, 0.2) is 6.20 Å². The first-order chi connectivity index (χ1) is 10.3. The summed E-state index contributed by atoms with van der Waals surface area (Å²) >= 11 is 0. The lowest BCUT2D eigenvalue weighted by atomic mass is 9.83. The van der Waals surface area contributed by atoms with Crippen molar-refractivity contribution in [2.75, 3.05) is 18.5 Å². The minimum absolute atomic E-state index is 0.465. The lowest BCUT2D eigenvalue weighted by Crippen LogP contribution is -2.14. The molecule has 0 bridgehead atoms. The number of hydrogen-bond donors (Lipinski definition) is 1. The molecule has 1 aliphatic rings. The van der Waals surface area contributed by atoms with Crippen LogP contribution < -0.4 is 5.32 Å². The highest BCUT2D eigenvalue weighted by Crippen LogP contribution is 2.29. The van der Waals surface area contributed by atoms with Gasteiger partial charge in [0.1, 0.15) is 12.4 Å². The lowest BCUT2D eigenvalue weighted by molar-refractivity contribution is 0.0909. The third-order valence-electron chi connectivity index (χ3n) is 4.11. The number of nitrogens with zero attached hydrogens (tertiary/aromatic N) is 4. The van der Waals surface area contributed by atoms with Gasteiger partial charge in [-0.2, -0.15) is 5.10 Å². The fourth-order valence-electron chi connectivity index (χ4n) is 2.63. The molecule has 0 atom stereocenters. The highest BCUT2D eigenvalue weighted by molar-refractivity contribution is 5.86. The van der Waals surface area contributed by atoms with Crippen molar-refractivity contribution in [3.8, 4) is 0 Å². The molecule has 0 amide bonds. The van der Waals surface area contributed by atoms with Gasteiger partial charge in [-0.3, -0.25) is 4.68 Å². The Morgan fingerprint density at radius 3 is 2.95 bits per heavy atom. The van der Waals surface area contributed by atoms with E-state index in [0.717, 1.165) is 48.2 Å². The zero-order chi connectivity index (χ0) is 14.7. The molecule has 1 N–H and O–H groups in total. The van der Waals surface area contributed by atoms with Gasteiger partial charge in [0.2, 0.25) is 0 Å². The smallest absolute Gasteiger partial charge is 0.163 e. The highest BCUT2D eigenvalue weighted by atomic mass is 16.5. The number of rotatable bonds is 7. The average molecular weight is 289 g/mol. The summed E-state index contributed by atoms with van der Waals surface area (Å²) in [6.07, 6.45) is 7.08. The summed E-state index contributed by atoms with van der Waals surface area (Å²) in [7, 11) is 1.90. The maximum absolute atomic E-state index is 5.74. The number of hydrogen-bond acceptors (Lipinski definition) is 5. The third kappa shape index (κ3) is 3.15. The third-order valence-corrected chi connectivity index (χ3v) is 4.11. The molecular weight excluding hydrogens is 266 g/mol. The van der Waals surface area contributed by atoms with Gasteiger partial charge in [-0.15, -0.1) is 0 Å². The van der Waals surface area contributed by atoms with Crippen LogP contribution in [0.3, 0.4) is 0 Å². The van der Waals surface area contributed by atoms with Crippen molar-refractivity contribution in [2.24, 2.45) is 13.0 Å². The molecule has 6 heteroatoms. The van der Waals surface area contributed by atoms with Crippen molar-refractivity contribution in [1.29, 1.82) is 0 Å². The molecule has 0 saturated heterocycles. The molecule has 2 aromatic heterocycles. The minimum Gasteiger partial charge on any atom is -0.373 e. The van der Waals surface area contributed by atoms with Crippen LogP contribution in [0.4, 0.5) is 5.82 Å². The molecule has 0 radical (unpaired) electrons. The van der Waals surface area contributed by atoms with Crippen molar-refractivity contribution in [2.45, 2.75) is 39.2 Å². The Labute approximate surface area is 124 Å². The van der Waals surface area contributed by atoms with Crippen molar-refractivity contribution in [3.05, 3.63) is 12.0 Å². The summed E-state index contributed by atoms with van der Waals surface area (Å²) in [5.41, 5.74) is 0.846. The molecule has 1 aliphatic carbocycles. The molecule has 0 unspecified atom stereocenters. The first kappa shape index (κ1) is 14.3. The standard InChI is InChI=1S/C15H23N5O/c1-3-16-14-12-9-17-20(2)15(12)19-13(18-14)10-21-8-7-11-5-4-6-11/h9,11H,3-8,10H2,1-2H3,(H,16,18,19). The fraction of sp³-hybridized carbons (Fsp3) is 0.667. The number of fused-ring (bicyclic) bond motifs is 1. The molecule has 0 spiro atoms. The number of aromatic nitrogens is 4. The SMILES string of the molecule is CCNc1nc(COCCC2CCC2)nc2c1cnn2C. The Bertz CT molecular complexity index is 605. The van der Waals surface area contributed by atoms with Crippen molar-refractivity contribution in [3.63, 3.8) is 0 Å². The molecule has 114 valence electrons. The van der Waals surface area contributed by atoms with Gasteiger partial charge >= 0.3 is 0 Å². The van der Waals surface area contributed by atoms with Crippen molar-refractivity contribution < 1.29 is 4.74 Å². The molecule has 21 heavy (non-hydrogen) atoms. The summed E-state index contributed by atoms with van der Waals surface area (Å²) in [4.78, 5) is 9.11. The van der Waals surface area contributed by atoms with Gasteiger partial charge < -0.3 is 10.1 Å². The van der Waals surface area contributed by atoms with Gasteiger partial charge in [0.05, 0.1) is 11.6 Å². The Kier molecular flexibility index (Phi) is 4.34. The minimum atomic E-state index is 0.465. The van der Waals surface area contributed by atoms with E-state index in [-0.39, 0.29) is 0 Å². The molecule has 6 nitrogen and oxygen atoms in total. The van der Waals surface area contributed by atoms with Gasteiger partial charge in [0.15, 0.2) is 11.5 Å². The first-order valence-electron chi connectivity index (χ1n) is 7.78. The molecule has 1 fully saturated rings. The van der Waals surface area contributed by atoms with Crippen LogP contribution in [0.25, 0.3) is 11.0 Å². The Morgan fingerprint density at radius 1 is 1.38 bits per heavy atom. The summed E-state index contributed by atoms with van der Waals surface area (Å²) in [6.45, 7) is 4.14. The maximum atomic E-state index is 5.74. The Balaban J connectivity index is 1.67. The molecule has 3 rings (SSSR count). The number of anilines is 1. The second kappa shape index (κ2) is 6.39. The largest absolute Gasteiger partial charge is 0.373 e. The Morgan fingerprint density at radius 2 is 2.24 bits per heavy atom. The van der Waals surface area contributed by atoms with Gasteiger partial charge in [-0.05, 0) is 19.3 Å². The quantitative estimate of drug-likeness (QED) is 0.793. The zero-order valence-corrected chi connectivity index (χ0v) is 12.8. The highest BCUT2D eigenvalue weighted by Gasteiger charge is 2.17. The van der Waals surface area contributed by atoms with Crippen LogP contribution in [0.2, 0.25) is 0 Å². The van der Waals surface area contributed by atoms with E-state index < -0.39 is 0 Å². The van der Waals surface area contributed by atoms with Gasteiger partial charge in [-0.1, -0.05) is 19.3 Å². The van der Waals surface area contributed by atoms with Crippen molar-refractivity contribution in [1.82, 2.24) is 19.7 Å². The van der Waals surface area contributed by atoms with Gasteiger partial charge in [0, 0.05) is 20.2 Å². The van der Waals surface area contributed by atoms with E-state index in [0.29, 0.717) is 6.61 Å². The van der Waals surface area contributed by atoms with Gasteiger partial charge in [0.25, 0.3) is 0 Å². The summed E-state index contributed by atoms with van der Waals surface area (Å²) < 4.78 is 7.52. The van der Waals surface area contributed by atoms with Crippen LogP contribution in [0, 0.1) is 5.92 Å². The van der Waals surface area contributed by atoms with Crippen LogP contribution in [-0.2, 0) is 18.4 Å². The van der Waals surface area contributed by atoms with E-state index in [4.69, 9.17) is 4.74 Å². The zero-order valence-electron chi connectivity index (χ0n) is 12.8. The second-order valence-corrected chi connectivity index (χ2v) is 5.66. The predicted molar refractivity (Wildman–Crippen MR) is 82.1 cm³/mol. The van der Waals surface area contributed by atoms with E-state index in [1.165, 1.54) is 19.3 Å². The van der Waals surface area contributed by atoms with Crippen LogP contribution in [-0.4, -0.2) is 32.9 Å². The first-order valence-corrected chi connectivity index (χ1v) is 7.78. The van der Waals surface area contributed by atoms with Crippen LogP contribution >= 0.6 is 0 Å². The maximum Gasteiger partial charge on any atom is 0.163 e. The predicted octanol–water partition coefficient (Wildman–Crippen LogP) is 2.50. The summed E-state index contributed by atoms with van der Waals surface area (Å²) in [6, 6.07) is 0. The average Bonchev–Trinajstić information content (AvgIpc) is 2.79. The number of aryl methyl sites for hydroxylation is 1. The Hall–Kier alpha value is -1.69. The van der Waals surface area contributed by atoms with E-state index >= 15 is 0 Å². The fourth-order valence-corrected chi connectivity index (χ4v) is 2.63. The summed E-state index contributed by atoms with van der Waals surface area (Å²) in [5.74, 6) is 2.44. The summed E-state index contributed by atoms with van der Waals surface area (Å²) in [5, 5.41) is 8.48. The van der Waals surface area contributed by atoms with Crippen LogP contribution in [0.5, 0.6) is 0 Å². The van der Waals surface area contributed by atoms with Crippen LogP contribution in [0.1, 0.15) is 38.4 Å². The molecule has 0 aromatic carbocycles. The van der Waals surface area contributed by atoms with E-state index in [9.17, 15) is 0 Å². The molecule has 1 saturated carbocycles. The topological polar surface area (TPSA) is 64.9 Å². The van der Waals surface area contributed by atoms with E-state index in [2.05, 4.69) is 27.3 Å². The number of ether oxygens (including phenoxy) is 1. The van der Waals surface area contributed by atoms with E-state index in [1.54, 1.807) is 10.9 Å². The van der Waals surface area contributed by atoms with Crippen molar-refractivity contribution >= 4 is 16.9 Å². The normalized spacial score (nSPS) is 15.3. The second-order valence-electron chi connectivity index (χ2n) is 5.66. The number of nitrogens with one attached hydrogen (secondary N) is 1. The van der Waals surface area contributed by atoms with Gasteiger partial charge in [-0.25, -0.2) is 9.97 Å². The van der Waals surface area contributed by atoms with E-state index in [1.807, 2.05) is 7.05 Å². The lowest BCUT2D eigenvalue weighted by Gasteiger charge is -2.24. The monoisotopic (exact) mass is 289 g/mol. The molecule has 2 heterocycles. The molecule has 2 aromatic rings. The molecular formula is C15H23N5O. The molecule has 0 aliphatic heterocycles.